The van der Waals surface area contributed by atoms with Crippen molar-refractivity contribution in [2.75, 3.05) is 32.3 Å². The highest BCUT2D eigenvalue weighted by Crippen LogP contribution is 2.40. The molecular weight excluding hydrogens is 344 g/mol. The van der Waals surface area contributed by atoms with Crippen LogP contribution in [0.15, 0.2) is 42.5 Å². The number of Topliss-reactive ketones (excluding diaryl/α,β-unsaturated/α-hetero) is 1. The van der Waals surface area contributed by atoms with Crippen LogP contribution in [0.4, 0.5) is 5.69 Å². The third-order valence-corrected chi connectivity index (χ3v) is 5.36. The Labute approximate surface area is 158 Å². The van der Waals surface area contributed by atoms with Crippen LogP contribution in [-0.4, -0.2) is 44.0 Å². The van der Waals surface area contributed by atoms with Gasteiger partial charge in [-0.2, -0.15) is 0 Å². The van der Waals surface area contributed by atoms with E-state index in [2.05, 4.69) is 4.90 Å². The van der Waals surface area contributed by atoms with Gasteiger partial charge < -0.3 is 9.47 Å². The van der Waals surface area contributed by atoms with E-state index in [4.69, 9.17) is 9.47 Å². The fourth-order valence-electron chi connectivity index (χ4n) is 4.02. The maximum absolute atomic E-state index is 12.5. The minimum absolute atomic E-state index is 0.103. The average Bonchev–Trinajstić information content (AvgIpc) is 3.26. The second kappa shape index (κ2) is 7.04. The Morgan fingerprint density at radius 3 is 2.67 bits per heavy atom. The zero-order valence-corrected chi connectivity index (χ0v) is 15.5. The predicted molar refractivity (Wildman–Crippen MR) is 101 cm³/mol. The number of rotatable bonds is 5. The van der Waals surface area contributed by atoms with E-state index >= 15 is 0 Å². The molecule has 2 aliphatic rings. The molecule has 1 atom stereocenters. The van der Waals surface area contributed by atoms with E-state index in [-0.39, 0.29) is 6.04 Å². The highest BCUT2D eigenvalue weighted by atomic mass is 16.5. The number of likely N-dealkylation sites (tertiary alicyclic amines) is 1. The number of carbonyl (C=O) groups is 2. The van der Waals surface area contributed by atoms with Gasteiger partial charge in [-0.15, -0.1) is 0 Å². The van der Waals surface area contributed by atoms with E-state index in [0.29, 0.717) is 17.9 Å². The van der Waals surface area contributed by atoms with E-state index in [1.165, 1.54) is 0 Å². The summed E-state index contributed by atoms with van der Waals surface area (Å²) < 4.78 is 10.9. The van der Waals surface area contributed by atoms with Gasteiger partial charge in [0.15, 0.2) is 0 Å². The smallest absolute Gasteiger partial charge is 0.300 e. The molecule has 0 spiro atoms. The maximum Gasteiger partial charge on any atom is 0.300 e. The Morgan fingerprint density at radius 1 is 1.07 bits per heavy atom. The number of amides is 1. The van der Waals surface area contributed by atoms with Crippen LogP contribution >= 0.6 is 0 Å². The van der Waals surface area contributed by atoms with Gasteiger partial charge in [0.2, 0.25) is 0 Å². The molecular formula is C21H22N2O4. The molecule has 2 aliphatic heterocycles. The van der Waals surface area contributed by atoms with Gasteiger partial charge in [0.05, 0.1) is 32.1 Å². The van der Waals surface area contributed by atoms with E-state index in [1.807, 2.05) is 30.3 Å². The van der Waals surface area contributed by atoms with Crippen LogP contribution < -0.4 is 14.4 Å². The molecule has 1 fully saturated rings. The standard InChI is InChI=1S/C21H22N2O4/c1-26-14-9-10-19(27-2)16(12-14)17-8-5-11-22(17)13-23-18-7-4-3-6-15(18)20(24)21(23)25/h3-4,6-7,9-10,12,17H,5,8,11,13H2,1-2H3/t17-/m0/s1. The van der Waals surface area contributed by atoms with Gasteiger partial charge >= 0.3 is 5.91 Å². The van der Waals surface area contributed by atoms with Crippen molar-refractivity contribution in [1.82, 2.24) is 4.90 Å². The maximum atomic E-state index is 12.5. The molecule has 0 radical (unpaired) electrons. The molecule has 2 aromatic carbocycles. The molecule has 0 aromatic heterocycles. The number of ether oxygens (including phenoxy) is 2. The summed E-state index contributed by atoms with van der Waals surface area (Å²) in [6.07, 6.45) is 1.98. The molecule has 0 aliphatic carbocycles. The second-order valence-corrected chi connectivity index (χ2v) is 6.80. The van der Waals surface area contributed by atoms with Crippen molar-refractivity contribution in [2.45, 2.75) is 18.9 Å². The van der Waals surface area contributed by atoms with E-state index in [9.17, 15) is 9.59 Å². The summed E-state index contributed by atoms with van der Waals surface area (Å²) >= 11 is 0. The summed E-state index contributed by atoms with van der Waals surface area (Å²) in [7, 11) is 3.30. The summed E-state index contributed by atoms with van der Waals surface area (Å²) in [4.78, 5) is 28.6. The number of nitrogens with zero attached hydrogens (tertiary/aromatic N) is 2. The number of fused-ring (bicyclic) bond motifs is 1. The second-order valence-electron chi connectivity index (χ2n) is 6.80. The van der Waals surface area contributed by atoms with Gasteiger partial charge in [-0.1, -0.05) is 12.1 Å². The Bertz CT molecular complexity index is 896. The average molecular weight is 366 g/mol. The van der Waals surface area contributed by atoms with Crippen LogP contribution in [0.25, 0.3) is 0 Å². The summed E-state index contributed by atoms with van der Waals surface area (Å²) in [5, 5.41) is 0. The van der Waals surface area contributed by atoms with Crippen molar-refractivity contribution in [3.8, 4) is 11.5 Å². The predicted octanol–water partition coefficient (Wildman–Crippen LogP) is 3.03. The number of methoxy groups -OCH3 is 2. The highest BCUT2D eigenvalue weighted by molar-refractivity contribution is 6.52. The minimum Gasteiger partial charge on any atom is -0.497 e. The normalized spacial score (nSPS) is 19.5. The summed E-state index contributed by atoms with van der Waals surface area (Å²) in [6, 6.07) is 13.1. The van der Waals surface area contributed by atoms with Crippen molar-refractivity contribution in [2.24, 2.45) is 0 Å². The molecule has 6 nitrogen and oxygen atoms in total. The minimum atomic E-state index is -0.459. The lowest BCUT2D eigenvalue weighted by Gasteiger charge is -2.30. The van der Waals surface area contributed by atoms with Crippen LogP contribution in [0.2, 0.25) is 0 Å². The monoisotopic (exact) mass is 366 g/mol. The van der Waals surface area contributed by atoms with Gasteiger partial charge in [0.1, 0.15) is 11.5 Å². The van der Waals surface area contributed by atoms with E-state index in [1.54, 1.807) is 31.3 Å². The topological polar surface area (TPSA) is 59.1 Å². The molecule has 2 heterocycles. The molecule has 0 saturated carbocycles. The highest BCUT2D eigenvalue weighted by Gasteiger charge is 2.38. The van der Waals surface area contributed by atoms with Crippen molar-refractivity contribution in [1.29, 1.82) is 0 Å². The molecule has 1 saturated heterocycles. The summed E-state index contributed by atoms with van der Waals surface area (Å²) in [5.41, 5.74) is 2.22. The van der Waals surface area contributed by atoms with Crippen LogP contribution in [0, 0.1) is 0 Å². The van der Waals surface area contributed by atoms with Crippen LogP contribution in [0.5, 0.6) is 11.5 Å². The lowest BCUT2D eigenvalue weighted by atomic mass is 10.0. The van der Waals surface area contributed by atoms with Crippen molar-refractivity contribution < 1.29 is 19.1 Å². The molecule has 4 rings (SSSR count). The Kier molecular flexibility index (Phi) is 4.58. The molecule has 0 bridgehead atoms. The number of para-hydroxylation sites is 1. The first-order valence-electron chi connectivity index (χ1n) is 9.05. The van der Waals surface area contributed by atoms with E-state index < -0.39 is 11.7 Å². The first-order chi connectivity index (χ1) is 13.1. The van der Waals surface area contributed by atoms with Gasteiger partial charge in [-0.25, -0.2) is 0 Å². The number of ketones is 1. The lowest BCUT2D eigenvalue weighted by molar-refractivity contribution is -0.114. The first kappa shape index (κ1) is 17.5. The number of benzene rings is 2. The number of hydrogen-bond donors (Lipinski definition) is 0. The van der Waals surface area contributed by atoms with Crippen molar-refractivity contribution in [3.63, 3.8) is 0 Å². The molecule has 2 aromatic rings. The molecule has 6 heteroatoms. The third-order valence-electron chi connectivity index (χ3n) is 5.36. The fourth-order valence-corrected chi connectivity index (χ4v) is 4.02. The Hall–Kier alpha value is -2.86. The Morgan fingerprint density at radius 2 is 1.89 bits per heavy atom. The largest absolute Gasteiger partial charge is 0.497 e. The zero-order valence-electron chi connectivity index (χ0n) is 15.5. The fraction of sp³-hybridized carbons (Fsp3) is 0.333. The van der Waals surface area contributed by atoms with Crippen LogP contribution in [0.3, 0.4) is 0 Å². The SMILES string of the molecule is COc1ccc(OC)c([C@@H]2CCCN2CN2C(=O)C(=O)c3ccccc32)c1. The molecule has 0 unspecified atom stereocenters. The first-order valence-corrected chi connectivity index (χ1v) is 9.05. The zero-order chi connectivity index (χ0) is 19.0. The third kappa shape index (κ3) is 2.96. The summed E-state index contributed by atoms with van der Waals surface area (Å²) in [6.45, 7) is 1.23. The number of anilines is 1. The molecule has 27 heavy (non-hydrogen) atoms. The van der Waals surface area contributed by atoms with Crippen LogP contribution in [0.1, 0.15) is 34.8 Å². The number of carbonyl (C=O) groups excluding carboxylic acids is 2. The van der Waals surface area contributed by atoms with Crippen molar-refractivity contribution in [3.05, 3.63) is 53.6 Å². The van der Waals surface area contributed by atoms with Gasteiger partial charge in [-0.05, 0) is 43.2 Å². The van der Waals surface area contributed by atoms with Crippen molar-refractivity contribution >= 4 is 17.4 Å². The number of hydrogen-bond acceptors (Lipinski definition) is 5. The van der Waals surface area contributed by atoms with Gasteiger partial charge in [-0.3, -0.25) is 19.4 Å². The van der Waals surface area contributed by atoms with Gasteiger partial charge in [0.25, 0.3) is 5.78 Å². The quantitative estimate of drug-likeness (QED) is 0.762. The molecule has 1 amide bonds. The Balaban J connectivity index is 1.64. The summed E-state index contributed by atoms with van der Waals surface area (Å²) in [5.74, 6) is 0.687. The van der Waals surface area contributed by atoms with E-state index in [0.717, 1.165) is 36.4 Å². The lowest BCUT2D eigenvalue weighted by Crippen LogP contribution is -2.40. The van der Waals surface area contributed by atoms with Crippen LogP contribution in [-0.2, 0) is 4.79 Å². The molecule has 0 N–H and O–H groups in total. The molecule has 140 valence electrons. The van der Waals surface area contributed by atoms with Gasteiger partial charge in [0, 0.05) is 18.2 Å².